The van der Waals surface area contributed by atoms with Crippen LogP contribution in [0.3, 0.4) is 0 Å². The van der Waals surface area contributed by atoms with Crippen LogP contribution in [0.2, 0.25) is 0 Å². The third-order valence-corrected chi connectivity index (χ3v) is 4.02. The van der Waals surface area contributed by atoms with Gasteiger partial charge in [0.2, 0.25) is 0 Å². The summed E-state index contributed by atoms with van der Waals surface area (Å²) in [5.41, 5.74) is 1.86. The molecule has 6 heteroatoms. The van der Waals surface area contributed by atoms with Crippen molar-refractivity contribution in [3.05, 3.63) is 58.1 Å². The molecular weight excluding hydrogens is 374 g/mol. The minimum absolute atomic E-state index is 0.139. The summed E-state index contributed by atoms with van der Waals surface area (Å²) >= 11 is 3.44. The van der Waals surface area contributed by atoms with E-state index in [1.807, 2.05) is 18.2 Å². The van der Waals surface area contributed by atoms with Crippen molar-refractivity contribution in [1.82, 2.24) is 0 Å². The highest BCUT2D eigenvalue weighted by atomic mass is 79.9. The molecule has 1 amide bonds. The zero-order valence-corrected chi connectivity index (χ0v) is 15.0. The summed E-state index contributed by atoms with van der Waals surface area (Å²) in [6.45, 7) is 4.07. The van der Waals surface area contributed by atoms with E-state index < -0.39 is 5.97 Å². The van der Waals surface area contributed by atoms with Crippen molar-refractivity contribution in [2.45, 2.75) is 19.8 Å². The lowest BCUT2D eigenvalue weighted by Gasteiger charge is -2.11. The van der Waals surface area contributed by atoms with Crippen molar-refractivity contribution in [2.75, 3.05) is 11.9 Å². The van der Waals surface area contributed by atoms with Gasteiger partial charge in [-0.05, 0) is 63.8 Å². The summed E-state index contributed by atoms with van der Waals surface area (Å²) in [5.74, 6) is -0.327. The minimum atomic E-state index is -1.01. The number of anilines is 1. The largest absolute Gasteiger partial charge is 0.483 e. The third kappa shape index (κ3) is 4.83. The van der Waals surface area contributed by atoms with Gasteiger partial charge in [0.1, 0.15) is 5.75 Å². The smallest absolute Gasteiger partial charge is 0.335 e. The number of halogens is 1. The first-order chi connectivity index (χ1) is 11.4. The molecule has 0 heterocycles. The van der Waals surface area contributed by atoms with Crippen LogP contribution >= 0.6 is 15.9 Å². The Morgan fingerprint density at radius 2 is 1.83 bits per heavy atom. The van der Waals surface area contributed by atoms with Gasteiger partial charge in [-0.1, -0.05) is 19.9 Å². The maximum absolute atomic E-state index is 11.9. The molecule has 2 aromatic carbocycles. The zero-order valence-electron chi connectivity index (χ0n) is 13.4. The first-order valence-electron chi connectivity index (χ1n) is 7.42. The molecular formula is C18H18BrNO4. The molecule has 0 bridgehead atoms. The summed E-state index contributed by atoms with van der Waals surface area (Å²) in [4.78, 5) is 22.7. The van der Waals surface area contributed by atoms with Crippen molar-refractivity contribution >= 4 is 33.5 Å². The first kappa shape index (κ1) is 18.0. The first-order valence-corrected chi connectivity index (χ1v) is 8.21. The molecule has 126 valence electrons. The van der Waals surface area contributed by atoms with Gasteiger partial charge in [-0.25, -0.2) is 4.79 Å². The minimum Gasteiger partial charge on any atom is -0.483 e. The molecule has 0 radical (unpaired) electrons. The summed E-state index contributed by atoms with van der Waals surface area (Å²) in [6.07, 6.45) is 0. The van der Waals surface area contributed by atoms with Crippen LogP contribution in [0.5, 0.6) is 5.75 Å². The van der Waals surface area contributed by atoms with Crippen LogP contribution < -0.4 is 10.1 Å². The van der Waals surface area contributed by atoms with Gasteiger partial charge in [0.05, 0.1) is 10.0 Å². The monoisotopic (exact) mass is 391 g/mol. The molecule has 2 rings (SSSR count). The lowest BCUT2D eigenvalue weighted by atomic mass is 10.0. The maximum atomic E-state index is 11.9. The summed E-state index contributed by atoms with van der Waals surface area (Å²) in [7, 11) is 0. The van der Waals surface area contributed by atoms with Gasteiger partial charge in [-0.2, -0.15) is 0 Å². The number of carboxylic acid groups (broad SMARTS) is 1. The number of ether oxygens (including phenoxy) is 1. The molecule has 2 aromatic rings. The van der Waals surface area contributed by atoms with Crippen LogP contribution in [0.15, 0.2) is 46.9 Å². The van der Waals surface area contributed by atoms with Gasteiger partial charge in [-0.3, -0.25) is 4.79 Å². The second kappa shape index (κ2) is 7.97. The Morgan fingerprint density at radius 3 is 2.38 bits per heavy atom. The quantitative estimate of drug-likeness (QED) is 0.769. The average molecular weight is 392 g/mol. The molecule has 0 saturated heterocycles. The molecule has 5 nitrogen and oxygen atoms in total. The lowest BCUT2D eigenvalue weighted by Crippen LogP contribution is -2.20. The number of amides is 1. The van der Waals surface area contributed by atoms with E-state index in [9.17, 15) is 9.59 Å². The topological polar surface area (TPSA) is 75.6 Å². The van der Waals surface area contributed by atoms with E-state index in [2.05, 4.69) is 35.1 Å². The third-order valence-electron chi connectivity index (χ3n) is 3.40. The van der Waals surface area contributed by atoms with Crippen molar-refractivity contribution in [3.63, 3.8) is 0 Å². The normalized spacial score (nSPS) is 10.5. The highest BCUT2D eigenvalue weighted by Gasteiger charge is 2.09. The second-order valence-corrected chi connectivity index (χ2v) is 6.42. The van der Waals surface area contributed by atoms with Crippen LogP contribution in [0.4, 0.5) is 5.69 Å². The fourth-order valence-electron chi connectivity index (χ4n) is 2.03. The predicted molar refractivity (Wildman–Crippen MR) is 95.8 cm³/mol. The second-order valence-electron chi connectivity index (χ2n) is 5.56. The lowest BCUT2D eigenvalue weighted by molar-refractivity contribution is -0.118. The van der Waals surface area contributed by atoms with E-state index in [0.717, 1.165) is 4.47 Å². The molecule has 0 aromatic heterocycles. The van der Waals surface area contributed by atoms with Crippen molar-refractivity contribution < 1.29 is 19.4 Å². The Labute approximate surface area is 148 Å². The number of benzene rings is 2. The number of rotatable bonds is 6. The van der Waals surface area contributed by atoms with Gasteiger partial charge in [0.15, 0.2) is 6.61 Å². The fourth-order valence-corrected chi connectivity index (χ4v) is 2.54. The Bertz CT molecular complexity index is 741. The number of hydrogen-bond acceptors (Lipinski definition) is 3. The number of aromatic carboxylic acids is 1. The Hall–Kier alpha value is -2.34. The SMILES string of the molecule is CC(C)c1ccc(OCC(=O)Nc2ccc(C(=O)O)cc2)c(Br)c1. The Morgan fingerprint density at radius 1 is 1.17 bits per heavy atom. The zero-order chi connectivity index (χ0) is 17.7. The molecule has 0 aliphatic heterocycles. The maximum Gasteiger partial charge on any atom is 0.335 e. The Balaban J connectivity index is 1.92. The molecule has 0 aliphatic carbocycles. The summed E-state index contributed by atoms with van der Waals surface area (Å²) in [6, 6.07) is 11.7. The van der Waals surface area contributed by atoms with E-state index in [4.69, 9.17) is 9.84 Å². The van der Waals surface area contributed by atoms with Crippen LogP contribution in [0.25, 0.3) is 0 Å². The van der Waals surface area contributed by atoms with E-state index >= 15 is 0 Å². The van der Waals surface area contributed by atoms with Crippen LogP contribution in [0.1, 0.15) is 35.7 Å². The summed E-state index contributed by atoms with van der Waals surface area (Å²) < 4.78 is 6.31. The van der Waals surface area contributed by atoms with Crippen molar-refractivity contribution in [3.8, 4) is 5.75 Å². The van der Waals surface area contributed by atoms with E-state index in [0.29, 0.717) is 17.4 Å². The molecule has 0 aliphatic rings. The molecule has 0 spiro atoms. The van der Waals surface area contributed by atoms with Gasteiger partial charge < -0.3 is 15.2 Å². The van der Waals surface area contributed by atoms with Crippen molar-refractivity contribution in [2.24, 2.45) is 0 Å². The number of carboxylic acids is 1. The molecule has 0 fully saturated rings. The van der Waals surface area contributed by atoms with Gasteiger partial charge >= 0.3 is 5.97 Å². The molecule has 0 saturated carbocycles. The number of nitrogens with one attached hydrogen (secondary N) is 1. The van der Waals surface area contributed by atoms with Gasteiger partial charge in [-0.15, -0.1) is 0 Å². The predicted octanol–water partition coefficient (Wildman–Crippen LogP) is 4.29. The molecule has 0 atom stereocenters. The number of carbonyl (C=O) groups is 2. The summed E-state index contributed by atoms with van der Waals surface area (Å²) in [5, 5.41) is 11.5. The standard InChI is InChI=1S/C18H18BrNO4/c1-11(2)13-5-8-16(15(19)9-13)24-10-17(21)20-14-6-3-12(4-7-14)18(22)23/h3-9,11H,10H2,1-2H3,(H,20,21)(H,22,23). The van der Waals surface area contributed by atoms with E-state index in [-0.39, 0.29) is 18.1 Å². The molecule has 24 heavy (non-hydrogen) atoms. The van der Waals surface area contributed by atoms with Crippen molar-refractivity contribution in [1.29, 1.82) is 0 Å². The van der Waals surface area contributed by atoms with Crippen LogP contribution in [0, 0.1) is 0 Å². The Kier molecular flexibility index (Phi) is 5.98. The molecule has 2 N–H and O–H groups in total. The van der Waals surface area contributed by atoms with Crippen LogP contribution in [-0.4, -0.2) is 23.6 Å². The van der Waals surface area contributed by atoms with Crippen LogP contribution in [-0.2, 0) is 4.79 Å². The number of carbonyl (C=O) groups excluding carboxylic acids is 1. The number of hydrogen-bond donors (Lipinski definition) is 2. The van der Waals surface area contributed by atoms with Gasteiger partial charge in [0, 0.05) is 5.69 Å². The average Bonchev–Trinajstić information content (AvgIpc) is 2.54. The van der Waals surface area contributed by atoms with E-state index in [1.54, 1.807) is 0 Å². The highest BCUT2D eigenvalue weighted by Crippen LogP contribution is 2.28. The highest BCUT2D eigenvalue weighted by molar-refractivity contribution is 9.10. The van der Waals surface area contributed by atoms with E-state index in [1.165, 1.54) is 29.8 Å². The van der Waals surface area contributed by atoms with Gasteiger partial charge in [0.25, 0.3) is 5.91 Å². The molecule has 0 unspecified atom stereocenters. The fraction of sp³-hybridized carbons (Fsp3) is 0.222.